The second-order valence-corrected chi connectivity index (χ2v) is 6.53. The van der Waals surface area contributed by atoms with Crippen molar-refractivity contribution in [3.8, 4) is 0 Å². The zero-order valence-corrected chi connectivity index (χ0v) is 9.50. The Kier molecular flexibility index (Phi) is 2.79. The maximum Gasteiger partial charge on any atom is 0.185 e. The van der Waals surface area contributed by atoms with Gasteiger partial charge in [-0.15, -0.1) is 0 Å². The van der Waals surface area contributed by atoms with Crippen molar-refractivity contribution in [1.29, 1.82) is 0 Å². The van der Waals surface area contributed by atoms with Crippen molar-refractivity contribution in [2.45, 2.75) is 24.7 Å². The summed E-state index contributed by atoms with van der Waals surface area (Å²) in [6.07, 6.45) is 2.67. The first kappa shape index (κ1) is 11.3. The second kappa shape index (κ2) is 3.69. The predicted octanol–water partition coefficient (Wildman–Crippen LogP) is -0.455. The van der Waals surface area contributed by atoms with Crippen molar-refractivity contribution >= 4 is 9.84 Å². The van der Waals surface area contributed by atoms with Crippen molar-refractivity contribution in [2.75, 3.05) is 25.2 Å². The molecule has 1 saturated heterocycles. The molecule has 1 aliphatic heterocycles. The standard InChI is InChI=1S/C9H16O5S/c1-15(11,12)6-9(7-2-3-7)13-5-8(4-10)14-9/h7-8,10H,2-6H2,1H3/t8-,9-/m1/s1. The SMILES string of the molecule is CS(=O)(=O)C[C@@]1(C2CC2)OC[C@@H](CO)O1. The van der Waals surface area contributed by atoms with E-state index in [0.29, 0.717) is 0 Å². The Morgan fingerprint density at radius 2 is 2.13 bits per heavy atom. The van der Waals surface area contributed by atoms with Gasteiger partial charge in [-0.05, 0) is 12.8 Å². The third-order valence-corrected chi connectivity index (χ3v) is 3.67. The molecule has 2 atom stereocenters. The van der Waals surface area contributed by atoms with Gasteiger partial charge in [-0.25, -0.2) is 8.42 Å². The fourth-order valence-corrected chi connectivity index (χ4v) is 3.09. The lowest BCUT2D eigenvalue weighted by Gasteiger charge is -2.26. The minimum atomic E-state index is -3.13. The molecule has 6 heteroatoms. The van der Waals surface area contributed by atoms with Crippen LogP contribution in [0.2, 0.25) is 0 Å². The van der Waals surface area contributed by atoms with Crippen LogP contribution in [0.25, 0.3) is 0 Å². The van der Waals surface area contributed by atoms with E-state index in [1.165, 1.54) is 6.26 Å². The largest absolute Gasteiger partial charge is 0.394 e. The average Bonchev–Trinajstić information content (AvgIpc) is 2.88. The van der Waals surface area contributed by atoms with Crippen LogP contribution in [0.15, 0.2) is 0 Å². The van der Waals surface area contributed by atoms with E-state index in [4.69, 9.17) is 14.6 Å². The Hall–Kier alpha value is -0.170. The summed E-state index contributed by atoms with van der Waals surface area (Å²) in [7, 11) is -3.13. The number of hydrogen-bond acceptors (Lipinski definition) is 5. The van der Waals surface area contributed by atoms with E-state index in [-0.39, 0.29) is 31.0 Å². The lowest BCUT2D eigenvalue weighted by Crippen LogP contribution is -2.41. The van der Waals surface area contributed by atoms with Crippen molar-refractivity contribution in [2.24, 2.45) is 5.92 Å². The molecule has 0 unspecified atom stereocenters. The summed E-state index contributed by atoms with van der Waals surface area (Å²) in [6.45, 7) is 0.154. The number of sulfone groups is 1. The highest BCUT2D eigenvalue weighted by atomic mass is 32.2. The van der Waals surface area contributed by atoms with E-state index < -0.39 is 15.6 Å². The number of aliphatic hydroxyl groups excluding tert-OH is 1. The molecule has 5 nitrogen and oxygen atoms in total. The first-order valence-corrected chi connectivity index (χ1v) is 7.11. The highest BCUT2D eigenvalue weighted by Crippen LogP contribution is 2.46. The summed E-state index contributed by atoms with van der Waals surface area (Å²) in [6, 6.07) is 0. The smallest absolute Gasteiger partial charge is 0.185 e. The van der Waals surface area contributed by atoms with Crippen LogP contribution >= 0.6 is 0 Å². The molecule has 2 aliphatic rings. The van der Waals surface area contributed by atoms with Crippen LogP contribution in [0.4, 0.5) is 0 Å². The Balaban J connectivity index is 2.12. The van der Waals surface area contributed by atoms with E-state index in [1.807, 2.05) is 0 Å². The molecule has 0 bridgehead atoms. The molecule has 0 aromatic carbocycles. The fraction of sp³-hybridized carbons (Fsp3) is 1.00. The monoisotopic (exact) mass is 236 g/mol. The Labute approximate surface area is 89.3 Å². The minimum absolute atomic E-state index is 0.110. The second-order valence-electron chi connectivity index (χ2n) is 4.39. The third-order valence-electron chi connectivity index (χ3n) is 2.75. The number of hydrogen-bond donors (Lipinski definition) is 1. The van der Waals surface area contributed by atoms with Crippen LogP contribution in [-0.4, -0.2) is 50.6 Å². The van der Waals surface area contributed by atoms with Gasteiger partial charge in [-0.1, -0.05) is 0 Å². The van der Waals surface area contributed by atoms with E-state index in [9.17, 15) is 8.42 Å². The molecule has 1 aliphatic carbocycles. The van der Waals surface area contributed by atoms with Crippen molar-refractivity contribution in [1.82, 2.24) is 0 Å². The summed E-state index contributed by atoms with van der Waals surface area (Å²) in [5.74, 6) is -0.925. The van der Waals surface area contributed by atoms with Gasteiger partial charge in [0, 0.05) is 12.2 Å². The fourth-order valence-electron chi connectivity index (χ4n) is 1.97. The van der Waals surface area contributed by atoms with Crippen molar-refractivity contribution in [3.05, 3.63) is 0 Å². The lowest BCUT2D eigenvalue weighted by atomic mass is 10.2. The maximum atomic E-state index is 11.3. The molecule has 1 heterocycles. The predicted molar refractivity (Wildman–Crippen MR) is 53.1 cm³/mol. The highest BCUT2D eigenvalue weighted by Gasteiger charge is 2.54. The molecule has 0 spiro atoms. The van der Waals surface area contributed by atoms with Gasteiger partial charge in [-0.2, -0.15) is 0 Å². The molecule has 0 aromatic rings. The van der Waals surface area contributed by atoms with E-state index >= 15 is 0 Å². The molecular formula is C9H16O5S. The third kappa shape index (κ3) is 2.50. The molecule has 2 fully saturated rings. The van der Waals surface area contributed by atoms with Gasteiger partial charge in [-0.3, -0.25) is 0 Å². The zero-order chi connectivity index (χ0) is 11.1. The van der Waals surface area contributed by atoms with E-state index in [2.05, 4.69) is 0 Å². The molecule has 0 aromatic heterocycles. The minimum Gasteiger partial charge on any atom is -0.394 e. The van der Waals surface area contributed by atoms with Crippen LogP contribution < -0.4 is 0 Å². The van der Waals surface area contributed by atoms with Crippen LogP contribution in [0.1, 0.15) is 12.8 Å². The molecule has 0 radical (unpaired) electrons. The van der Waals surface area contributed by atoms with E-state index in [1.54, 1.807) is 0 Å². The Morgan fingerprint density at radius 1 is 1.47 bits per heavy atom. The van der Waals surface area contributed by atoms with Gasteiger partial charge in [0.25, 0.3) is 0 Å². The summed E-state index contributed by atoms with van der Waals surface area (Å²) >= 11 is 0. The van der Waals surface area contributed by atoms with Crippen molar-refractivity contribution in [3.63, 3.8) is 0 Å². The van der Waals surface area contributed by atoms with Crippen molar-refractivity contribution < 1.29 is 23.0 Å². The highest BCUT2D eigenvalue weighted by molar-refractivity contribution is 7.90. The Bertz CT molecular complexity index is 334. The van der Waals surface area contributed by atoms with Gasteiger partial charge >= 0.3 is 0 Å². The summed E-state index contributed by atoms with van der Waals surface area (Å²) < 4.78 is 33.6. The molecule has 1 N–H and O–H groups in total. The topological polar surface area (TPSA) is 72.8 Å². The van der Waals surface area contributed by atoms with Gasteiger partial charge in [0.2, 0.25) is 0 Å². The van der Waals surface area contributed by atoms with Crippen LogP contribution in [-0.2, 0) is 19.3 Å². The Morgan fingerprint density at radius 3 is 2.53 bits per heavy atom. The van der Waals surface area contributed by atoms with Crippen LogP contribution in [0.5, 0.6) is 0 Å². The summed E-state index contributed by atoms with van der Waals surface area (Å²) in [4.78, 5) is 0. The van der Waals surface area contributed by atoms with Gasteiger partial charge < -0.3 is 14.6 Å². The van der Waals surface area contributed by atoms with Gasteiger partial charge in [0.05, 0.1) is 13.2 Å². The molecule has 0 amide bonds. The normalized spacial score (nSPS) is 37.1. The summed E-state index contributed by atoms with van der Waals surface area (Å²) in [5.41, 5.74) is 0. The lowest BCUT2D eigenvalue weighted by molar-refractivity contribution is -0.169. The molecular weight excluding hydrogens is 220 g/mol. The first-order chi connectivity index (χ1) is 6.95. The first-order valence-electron chi connectivity index (χ1n) is 5.05. The van der Waals surface area contributed by atoms with Crippen LogP contribution in [0, 0.1) is 5.92 Å². The average molecular weight is 236 g/mol. The maximum absolute atomic E-state index is 11.3. The number of ether oxygens (including phenoxy) is 2. The summed E-state index contributed by atoms with van der Waals surface area (Å²) in [5, 5.41) is 8.94. The van der Waals surface area contributed by atoms with Gasteiger partial charge in [0.1, 0.15) is 11.9 Å². The van der Waals surface area contributed by atoms with E-state index in [0.717, 1.165) is 12.8 Å². The molecule has 2 rings (SSSR count). The number of aliphatic hydroxyl groups is 1. The molecule has 1 saturated carbocycles. The zero-order valence-electron chi connectivity index (χ0n) is 8.68. The quantitative estimate of drug-likeness (QED) is 0.715. The molecule has 15 heavy (non-hydrogen) atoms. The van der Waals surface area contributed by atoms with Crippen LogP contribution in [0.3, 0.4) is 0 Å². The molecule has 88 valence electrons. The van der Waals surface area contributed by atoms with Gasteiger partial charge in [0.15, 0.2) is 15.6 Å². The number of rotatable bonds is 4.